The Morgan fingerprint density at radius 3 is 2.83 bits per heavy atom. The Bertz CT molecular complexity index is 708. The summed E-state index contributed by atoms with van der Waals surface area (Å²) in [6.07, 6.45) is 6.71. The van der Waals surface area contributed by atoms with Gasteiger partial charge < -0.3 is 4.74 Å². The Labute approximate surface area is 140 Å². The summed E-state index contributed by atoms with van der Waals surface area (Å²) in [7, 11) is 1.66. The third-order valence-corrected chi connectivity index (χ3v) is 4.88. The second-order valence-corrected chi connectivity index (χ2v) is 6.65. The topological polar surface area (TPSA) is 50.7 Å². The van der Waals surface area contributed by atoms with E-state index in [4.69, 9.17) is 4.74 Å². The SMILES string of the molecule is COc1cc2c(cc1/C=N\NC(=O)Cc1cccs1)CCCC2. The second kappa shape index (κ2) is 7.42. The van der Waals surface area contributed by atoms with Crippen LogP contribution in [0.3, 0.4) is 0 Å². The van der Waals surface area contributed by atoms with Crippen LogP contribution in [-0.2, 0) is 24.1 Å². The summed E-state index contributed by atoms with van der Waals surface area (Å²) in [5.41, 5.74) is 6.22. The van der Waals surface area contributed by atoms with Gasteiger partial charge in [0.2, 0.25) is 5.91 Å². The number of amides is 1. The van der Waals surface area contributed by atoms with E-state index in [0.29, 0.717) is 6.42 Å². The van der Waals surface area contributed by atoms with Crippen LogP contribution in [0.4, 0.5) is 0 Å². The molecule has 2 aromatic rings. The maximum Gasteiger partial charge on any atom is 0.245 e. The zero-order valence-corrected chi connectivity index (χ0v) is 14.0. The van der Waals surface area contributed by atoms with Gasteiger partial charge in [-0.2, -0.15) is 5.10 Å². The summed E-state index contributed by atoms with van der Waals surface area (Å²) in [4.78, 5) is 12.9. The lowest BCUT2D eigenvalue weighted by Crippen LogP contribution is -2.19. The number of fused-ring (bicyclic) bond motifs is 1. The van der Waals surface area contributed by atoms with Gasteiger partial charge in [-0.25, -0.2) is 5.43 Å². The lowest BCUT2D eigenvalue weighted by molar-refractivity contribution is -0.120. The minimum atomic E-state index is -0.111. The van der Waals surface area contributed by atoms with E-state index in [0.717, 1.165) is 29.0 Å². The Kier molecular flexibility index (Phi) is 5.08. The highest BCUT2D eigenvalue weighted by Gasteiger charge is 2.13. The van der Waals surface area contributed by atoms with Crippen LogP contribution in [0, 0.1) is 0 Å². The monoisotopic (exact) mass is 328 g/mol. The highest BCUT2D eigenvalue weighted by atomic mass is 32.1. The smallest absolute Gasteiger partial charge is 0.245 e. The number of aryl methyl sites for hydroxylation is 2. The van der Waals surface area contributed by atoms with Crippen molar-refractivity contribution < 1.29 is 9.53 Å². The van der Waals surface area contributed by atoms with E-state index < -0.39 is 0 Å². The Balaban J connectivity index is 1.67. The van der Waals surface area contributed by atoms with E-state index in [1.807, 2.05) is 17.5 Å². The number of hydrazone groups is 1. The summed E-state index contributed by atoms with van der Waals surface area (Å²) in [5.74, 6) is 0.697. The predicted octanol–water partition coefficient (Wildman–Crippen LogP) is 3.33. The van der Waals surface area contributed by atoms with Crippen LogP contribution in [-0.4, -0.2) is 19.2 Å². The fourth-order valence-electron chi connectivity index (χ4n) is 2.84. The van der Waals surface area contributed by atoms with E-state index in [2.05, 4.69) is 22.7 Å². The number of nitrogens with one attached hydrogen (secondary N) is 1. The average Bonchev–Trinajstić information content (AvgIpc) is 3.07. The lowest BCUT2D eigenvalue weighted by atomic mass is 9.90. The van der Waals surface area contributed by atoms with Gasteiger partial charge in [0.05, 0.1) is 19.7 Å². The van der Waals surface area contributed by atoms with Gasteiger partial charge >= 0.3 is 0 Å². The first-order chi connectivity index (χ1) is 11.3. The van der Waals surface area contributed by atoms with E-state index >= 15 is 0 Å². The number of thiophene rings is 1. The molecule has 1 aliphatic carbocycles. The van der Waals surface area contributed by atoms with E-state index in [1.54, 1.807) is 24.7 Å². The molecule has 0 bridgehead atoms. The third-order valence-electron chi connectivity index (χ3n) is 4.00. The zero-order valence-electron chi connectivity index (χ0n) is 13.2. The molecule has 0 atom stereocenters. The van der Waals surface area contributed by atoms with Gasteiger partial charge in [0.1, 0.15) is 5.75 Å². The average molecular weight is 328 g/mol. The molecule has 23 heavy (non-hydrogen) atoms. The summed E-state index contributed by atoms with van der Waals surface area (Å²) in [5, 5.41) is 6.04. The predicted molar refractivity (Wildman–Crippen MR) is 93.4 cm³/mol. The first-order valence-corrected chi connectivity index (χ1v) is 8.68. The summed E-state index contributed by atoms with van der Waals surface area (Å²) in [6, 6.07) is 8.11. The van der Waals surface area contributed by atoms with Crippen LogP contribution in [0.25, 0.3) is 0 Å². The van der Waals surface area contributed by atoms with Crippen LogP contribution in [0.1, 0.15) is 34.4 Å². The molecular formula is C18H20N2O2S. The van der Waals surface area contributed by atoms with Gasteiger partial charge in [0.15, 0.2) is 0 Å². The van der Waals surface area contributed by atoms with Crippen molar-refractivity contribution in [3.8, 4) is 5.75 Å². The first kappa shape index (κ1) is 15.7. The minimum Gasteiger partial charge on any atom is -0.496 e. The van der Waals surface area contributed by atoms with Crippen molar-refractivity contribution in [1.82, 2.24) is 5.43 Å². The van der Waals surface area contributed by atoms with Crippen molar-refractivity contribution in [2.75, 3.05) is 7.11 Å². The number of rotatable bonds is 5. The number of carbonyl (C=O) groups excluding carboxylic acids is 1. The van der Waals surface area contributed by atoms with Gasteiger partial charge in [0.25, 0.3) is 0 Å². The molecule has 0 unspecified atom stereocenters. The van der Waals surface area contributed by atoms with Crippen LogP contribution < -0.4 is 10.2 Å². The van der Waals surface area contributed by atoms with E-state index in [-0.39, 0.29) is 5.91 Å². The number of hydrogen-bond acceptors (Lipinski definition) is 4. The largest absolute Gasteiger partial charge is 0.496 e. The molecule has 0 aliphatic heterocycles. The van der Waals surface area contributed by atoms with Crippen molar-refractivity contribution in [1.29, 1.82) is 0 Å². The van der Waals surface area contributed by atoms with Crippen LogP contribution in [0.2, 0.25) is 0 Å². The highest BCUT2D eigenvalue weighted by molar-refractivity contribution is 7.10. The minimum absolute atomic E-state index is 0.111. The normalized spacial score (nSPS) is 13.8. The number of carbonyl (C=O) groups is 1. The van der Waals surface area contributed by atoms with Crippen molar-refractivity contribution in [3.05, 3.63) is 51.2 Å². The molecule has 5 heteroatoms. The quantitative estimate of drug-likeness (QED) is 0.676. The fraction of sp³-hybridized carbons (Fsp3) is 0.333. The lowest BCUT2D eigenvalue weighted by Gasteiger charge is -2.18. The Hall–Kier alpha value is -2.14. The Morgan fingerprint density at radius 1 is 1.35 bits per heavy atom. The fourth-order valence-corrected chi connectivity index (χ4v) is 3.55. The van der Waals surface area contributed by atoms with Crippen LogP contribution in [0.15, 0.2) is 34.7 Å². The molecular weight excluding hydrogens is 308 g/mol. The van der Waals surface area contributed by atoms with Crippen LogP contribution in [0.5, 0.6) is 5.75 Å². The molecule has 0 saturated carbocycles. The van der Waals surface area contributed by atoms with Crippen molar-refractivity contribution in [3.63, 3.8) is 0 Å². The van der Waals surface area contributed by atoms with Crippen molar-refractivity contribution in [2.24, 2.45) is 5.10 Å². The molecule has 0 spiro atoms. The zero-order chi connectivity index (χ0) is 16.1. The molecule has 0 fully saturated rings. The van der Waals surface area contributed by atoms with Gasteiger partial charge in [0, 0.05) is 10.4 Å². The van der Waals surface area contributed by atoms with Gasteiger partial charge in [-0.05, 0) is 60.4 Å². The number of benzene rings is 1. The number of hydrogen-bond donors (Lipinski definition) is 1. The van der Waals surface area contributed by atoms with Gasteiger partial charge in [-0.1, -0.05) is 6.07 Å². The third kappa shape index (κ3) is 3.99. The molecule has 120 valence electrons. The molecule has 1 amide bonds. The van der Waals surface area contributed by atoms with Crippen molar-refractivity contribution in [2.45, 2.75) is 32.1 Å². The number of nitrogens with zero attached hydrogens (tertiary/aromatic N) is 1. The van der Waals surface area contributed by atoms with E-state index in [9.17, 15) is 4.79 Å². The Morgan fingerprint density at radius 2 is 2.13 bits per heavy atom. The van der Waals surface area contributed by atoms with Crippen molar-refractivity contribution >= 4 is 23.5 Å². The maximum absolute atomic E-state index is 11.8. The van der Waals surface area contributed by atoms with Gasteiger partial charge in [-0.3, -0.25) is 4.79 Å². The molecule has 4 nitrogen and oxygen atoms in total. The maximum atomic E-state index is 11.8. The summed E-state index contributed by atoms with van der Waals surface area (Å²) >= 11 is 1.57. The molecule has 3 rings (SSSR count). The molecule has 1 aromatic carbocycles. The van der Waals surface area contributed by atoms with E-state index in [1.165, 1.54) is 24.0 Å². The number of methoxy groups -OCH3 is 1. The highest BCUT2D eigenvalue weighted by Crippen LogP contribution is 2.28. The van der Waals surface area contributed by atoms with Gasteiger partial charge in [-0.15, -0.1) is 11.3 Å². The standard InChI is InChI=1S/C18H20N2O2S/c1-22-17-10-14-6-3-2-5-13(14)9-15(17)12-19-20-18(21)11-16-7-4-8-23-16/h4,7-10,12H,2-3,5-6,11H2,1H3,(H,20,21)/b19-12-. The van der Waals surface area contributed by atoms with Crippen LogP contribution >= 0.6 is 11.3 Å². The molecule has 0 radical (unpaired) electrons. The molecule has 1 aliphatic rings. The number of ether oxygens (including phenoxy) is 1. The molecule has 1 N–H and O–H groups in total. The first-order valence-electron chi connectivity index (χ1n) is 7.80. The molecule has 1 aromatic heterocycles. The summed E-state index contributed by atoms with van der Waals surface area (Å²) in [6.45, 7) is 0. The molecule has 1 heterocycles. The second-order valence-electron chi connectivity index (χ2n) is 5.62. The molecule has 0 saturated heterocycles. The summed E-state index contributed by atoms with van der Waals surface area (Å²) < 4.78 is 5.45.